The number of hydrogen-bond donors (Lipinski definition) is 1. The summed E-state index contributed by atoms with van der Waals surface area (Å²) in [5.74, 6) is 2.25. The lowest BCUT2D eigenvalue weighted by Crippen LogP contribution is -2.55. The molecule has 0 heterocycles. The van der Waals surface area contributed by atoms with Gasteiger partial charge in [0.2, 0.25) is 0 Å². The average Bonchev–Trinajstić information content (AvgIpc) is 3.13. The largest absolute Gasteiger partial charge is 0.390 e. The molecule has 0 bridgehead atoms. The molecule has 23 heavy (non-hydrogen) atoms. The van der Waals surface area contributed by atoms with Crippen LogP contribution < -0.4 is 0 Å². The Balaban J connectivity index is 1.63. The quantitative estimate of drug-likeness (QED) is 0.733. The van der Waals surface area contributed by atoms with E-state index in [1.54, 1.807) is 0 Å². The van der Waals surface area contributed by atoms with E-state index >= 15 is 0 Å². The van der Waals surface area contributed by atoms with Gasteiger partial charge < -0.3 is 5.11 Å². The van der Waals surface area contributed by atoms with Crippen molar-refractivity contribution in [3.05, 3.63) is 23.8 Å². The van der Waals surface area contributed by atoms with Crippen LogP contribution in [-0.2, 0) is 4.79 Å². The summed E-state index contributed by atoms with van der Waals surface area (Å²) < 4.78 is 0. The molecule has 0 unspecified atom stereocenters. The number of hydrogen-bond acceptors (Lipinski definition) is 2. The fraction of sp³-hybridized carbons (Fsp3) is 0.762. The highest BCUT2D eigenvalue weighted by molar-refractivity contribution is 5.92. The van der Waals surface area contributed by atoms with E-state index in [1.807, 2.05) is 6.08 Å². The monoisotopic (exact) mass is 312 g/mol. The first-order valence-corrected chi connectivity index (χ1v) is 9.40. The van der Waals surface area contributed by atoms with Crippen molar-refractivity contribution < 1.29 is 9.90 Å². The molecule has 0 amide bonds. The molecule has 2 heteroatoms. The van der Waals surface area contributed by atoms with Crippen molar-refractivity contribution >= 4 is 5.78 Å². The lowest BCUT2D eigenvalue weighted by Gasteiger charge is -2.59. The van der Waals surface area contributed by atoms with Gasteiger partial charge in [0, 0.05) is 11.8 Å². The SMILES string of the molecule is C[C@]12CC[C@H]3[C@@H](C=CC4=CC(=O)CC[C@@]43C)[C@]13C[C@@H]3C[C@]2(C)O. The predicted octanol–water partition coefficient (Wildman–Crippen LogP) is 4.05. The highest BCUT2D eigenvalue weighted by Gasteiger charge is 2.80. The minimum absolute atomic E-state index is 0.0677. The topological polar surface area (TPSA) is 37.3 Å². The van der Waals surface area contributed by atoms with Crippen molar-refractivity contribution in [3.8, 4) is 0 Å². The second-order valence-electron chi connectivity index (χ2n) is 9.77. The minimum Gasteiger partial charge on any atom is -0.390 e. The summed E-state index contributed by atoms with van der Waals surface area (Å²) in [6, 6.07) is 0. The van der Waals surface area contributed by atoms with Gasteiger partial charge in [-0.05, 0) is 79.3 Å². The Hall–Kier alpha value is -0.890. The van der Waals surface area contributed by atoms with E-state index < -0.39 is 5.60 Å². The molecular weight excluding hydrogens is 284 g/mol. The molecule has 0 aromatic heterocycles. The van der Waals surface area contributed by atoms with E-state index in [-0.39, 0.29) is 10.8 Å². The highest BCUT2D eigenvalue weighted by Crippen LogP contribution is 2.84. The van der Waals surface area contributed by atoms with Crippen LogP contribution in [0.4, 0.5) is 0 Å². The molecule has 1 N–H and O–H groups in total. The van der Waals surface area contributed by atoms with Crippen LogP contribution in [0.25, 0.3) is 0 Å². The Morgan fingerprint density at radius 3 is 2.74 bits per heavy atom. The maximum Gasteiger partial charge on any atom is 0.156 e. The molecule has 124 valence electrons. The fourth-order valence-electron chi connectivity index (χ4n) is 7.55. The zero-order chi connectivity index (χ0) is 16.3. The van der Waals surface area contributed by atoms with Gasteiger partial charge >= 0.3 is 0 Å². The van der Waals surface area contributed by atoms with Gasteiger partial charge in [-0.1, -0.05) is 26.0 Å². The van der Waals surface area contributed by atoms with E-state index in [1.165, 1.54) is 18.4 Å². The van der Waals surface area contributed by atoms with Gasteiger partial charge in [-0.25, -0.2) is 0 Å². The van der Waals surface area contributed by atoms with Crippen LogP contribution in [0.2, 0.25) is 0 Å². The van der Waals surface area contributed by atoms with Crippen LogP contribution in [-0.4, -0.2) is 16.5 Å². The Labute approximate surface area is 139 Å². The molecule has 0 radical (unpaired) electrons. The molecule has 0 aromatic rings. The molecule has 3 saturated carbocycles. The van der Waals surface area contributed by atoms with E-state index in [2.05, 4.69) is 32.9 Å². The molecule has 3 fully saturated rings. The maximum atomic E-state index is 11.9. The number of aliphatic hydroxyl groups is 1. The fourth-order valence-corrected chi connectivity index (χ4v) is 7.55. The van der Waals surface area contributed by atoms with Crippen LogP contribution in [0.3, 0.4) is 0 Å². The van der Waals surface area contributed by atoms with E-state index in [0.717, 1.165) is 19.3 Å². The van der Waals surface area contributed by atoms with Crippen LogP contribution in [0.1, 0.15) is 59.3 Å². The maximum absolute atomic E-state index is 11.9. The summed E-state index contributed by atoms with van der Waals surface area (Å²) >= 11 is 0. The third-order valence-electron chi connectivity index (χ3n) is 9.16. The first kappa shape index (κ1) is 14.5. The molecule has 5 aliphatic carbocycles. The smallest absolute Gasteiger partial charge is 0.156 e. The van der Waals surface area contributed by atoms with Gasteiger partial charge in [-0.2, -0.15) is 0 Å². The standard InChI is InChI=1S/C21H28O2/c1-18-8-6-15(22)10-13(18)4-5-17-16(18)7-9-19(2)20(3,23)11-14-12-21(14,17)19/h4-5,10,14,16-17,23H,6-9,11-12H2,1-3H3/t14-,16-,17+,18-,19+,20-,21+/m0/s1. The van der Waals surface area contributed by atoms with Crippen molar-refractivity contribution in [1.29, 1.82) is 0 Å². The summed E-state index contributed by atoms with van der Waals surface area (Å²) in [5, 5.41) is 11.1. The number of fused-ring (bicyclic) bond motifs is 3. The molecule has 2 nitrogen and oxygen atoms in total. The molecule has 7 atom stereocenters. The van der Waals surface area contributed by atoms with Crippen LogP contribution >= 0.6 is 0 Å². The predicted molar refractivity (Wildman–Crippen MR) is 89.7 cm³/mol. The minimum atomic E-state index is -0.506. The zero-order valence-electron chi connectivity index (χ0n) is 14.6. The van der Waals surface area contributed by atoms with Crippen molar-refractivity contribution in [2.75, 3.05) is 0 Å². The molecule has 5 aliphatic rings. The number of rotatable bonds is 0. The third-order valence-corrected chi connectivity index (χ3v) is 9.16. The van der Waals surface area contributed by atoms with Crippen molar-refractivity contribution in [3.63, 3.8) is 0 Å². The highest BCUT2D eigenvalue weighted by atomic mass is 16.3. The average molecular weight is 312 g/mol. The molecular formula is C21H28O2. The Bertz CT molecular complexity index is 671. The first-order chi connectivity index (χ1) is 10.7. The molecule has 0 aliphatic heterocycles. The second kappa shape index (κ2) is 3.85. The van der Waals surface area contributed by atoms with Crippen LogP contribution in [0.5, 0.6) is 0 Å². The van der Waals surface area contributed by atoms with Crippen molar-refractivity contribution in [2.45, 2.75) is 64.9 Å². The number of ketones is 1. The van der Waals surface area contributed by atoms with Gasteiger partial charge in [0.1, 0.15) is 0 Å². The lowest BCUT2D eigenvalue weighted by atomic mass is 9.46. The molecule has 1 spiro atoms. The Kier molecular flexibility index (Phi) is 2.42. The van der Waals surface area contributed by atoms with Crippen LogP contribution in [0, 0.1) is 34.0 Å². The lowest BCUT2D eigenvalue weighted by molar-refractivity contribution is -0.130. The summed E-state index contributed by atoms with van der Waals surface area (Å²) in [6.45, 7) is 6.85. The number of carbonyl (C=O) groups is 1. The van der Waals surface area contributed by atoms with Gasteiger partial charge in [-0.15, -0.1) is 0 Å². The van der Waals surface area contributed by atoms with Crippen molar-refractivity contribution in [1.82, 2.24) is 0 Å². The molecule has 0 aromatic carbocycles. The first-order valence-electron chi connectivity index (χ1n) is 9.40. The van der Waals surface area contributed by atoms with Crippen molar-refractivity contribution in [2.24, 2.45) is 34.0 Å². The molecule has 0 saturated heterocycles. The summed E-state index contributed by atoms with van der Waals surface area (Å²) in [6.07, 6.45) is 12.9. The van der Waals surface area contributed by atoms with Gasteiger partial charge in [-0.3, -0.25) is 4.79 Å². The summed E-state index contributed by atoms with van der Waals surface area (Å²) in [4.78, 5) is 11.9. The number of allylic oxidation sites excluding steroid dienone is 4. The third kappa shape index (κ3) is 1.40. The zero-order valence-corrected chi connectivity index (χ0v) is 14.6. The normalized spacial score (nSPS) is 59.6. The van der Waals surface area contributed by atoms with Gasteiger partial charge in [0.05, 0.1) is 5.60 Å². The van der Waals surface area contributed by atoms with Gasteiger partial charge in [0.25, 0.3) is 0 Å². The van der Waals surface area contributed by atoms with Gasteiger partial charge in [0.15, 0.2) is 5.78 Å². The second-order valence-corrected chi connectivity index (χ2v) is 9.77. The van der Waals surface area contributed by atoms with E-state index in [0.29, 0.717) is 35.4 Å². The Morgan fingerprint density at radius 1 is 1.17 bits per heavy atom. The van der Waals surface area contributed by atoms with E-state index in [4.69, 9.17) is 0 Å². The molecule has 5 rings (SSSR count). The van der Waals surface area contributed by atoms with E-state index in [9.17, 15) is 9.90 Å². The van der Waals surface area contributed by atoms with Crippen LogP contribution in [0.15, 0.2) is 23.8 Å². The summed E-state index contributed by atoms with van der Waals surface area (Å²) in [7, 11) is 0. The number of carbonyl (C=O) groups excluding carboxylic acids is 1. The Morgan fingerprint density at radius 2 is 1.96 bits per heavy atom. The summed E-state index contributed by atoms with van der Waals surface area (Å²) in [5.41, 5.74) is 1.33.